The molecule has 1 N–H and O–H groups in total. The van der Waals surface area contributed by atoms with Gasteiger partial charge in [0.1, 0.15) is 5.75 Å². The van der Waals surface area contributed by atoms with Crippen molar-refractivity contribution in [1.82, 2.24) is 9.80 Å². The number of hydrogen-bond acceptors (Lipinski definition) is 5. The molecule has 0 unspecified atom stereocenters. The maximum absolute atomic E-state index is 12.2. The highest BCUT2D eigenvalue weighted by Crippen LogP contribution is 2.16. The Morgan fingerprint density at radius 2 is 1.87 bits per heavy atom. The Hall–Kier alpha value is -2.44. The van der Waals surface area contributed by atoms with Crippen LogP contribution < -0.4 is 10.1 Å². The number of anilines is 1. The Morgan fingerprint density at radius 3 is 2.52 bits per heavy atom. The normalized spacial score (nSPS) is 14.3. The lowest BCUT2D eigenvalue weighted by atomic mass is 10.3. The fraction of sp³-hybridized carbons (Fsp3) is 0.500. The third-order valence-corrected chi connectivity index (χ3v) is 3.67. The molecule has 23 heavy (non-hydrogen) atoms. The number of piperazine rings is 1. The average molecular weight is 321 g/mol. The van der Waals surface area contributed by atoms with Gasteiger partial charge in [0.05, 0.1) is 20.3 Å². The molecule has 2 amide bonds. The number of rotatable bonds is 5. The van der Waals surface area contributed by atoms with Gasteiger partial charge < -0.3 is 24.6 Å². The number of nitrogens with zero attached hydrogens (tertiary/aromatic N) is 2. The third kappa shape index (κ3) is 4.77. The average Bonchev–Trinajstić information content (AvgIpc) is 2.60. The first-order chi connectivity index (χ1) is 11.1. The molecular formula is C16H23N3O4. The molecule has 0 saturated carbocycles. The quantitative estimate of drug-likeness (QED) is 0.888. The molecule has 0 atom stereocenters. The zero-order chi connectivity index (χ0) is 16.7. The first kappa shape index (κ1) is 16.9. The smallest absolute Gasteiger partial charge is 0.409 e. The summed E-state index contributed by atoms with van der Waals surface area (Å²) in [6.45, 7) is 4.42. The van der Waals surface area contributed by atoms with Gasteiger partial charge in [-0.25, -0.2) is 4.79 Å². The summed E-state index contributed by atoms with van der Waals surface area (Å²) in [6.07, 6.45) is -0.311. The number of methoxy groups -OCH3 is 1. The van der Waals surface area contributed by atoms with Crippen molar-refractivity contribution < 1.29 is 19.1 Å². The van der Waals surface area contributed by atoms with Gasteiger partial charge in [0, 0.05) is 37.9 Å². The lowest BCUT2D eigenvalue weighted by Crippen LogP contribution is -2.51. The van der Waals surface area contributed by atoms with Crippen molar-refractivity contribution in [3.63, 3.8) is 0 Å². The van der Waals surface area contributed by atoms with E-state index in [4.69, 9.17) is 9.47 Å². The van der Waals surface area contributed by atoms with E-state index in [0.717, 1.165) is 11.4 Å². The van der Waals surface area contributed by atoms with Crippen molar-refractivity contribution >= 4 is 17.7 Å². The van der Waals surface area contributed by atoms with Crippen molar-refractivity contribution in [3.05, 3.63) is 24.3 Å². The van der Waals surface area contributed by atoms with E-state index >= 15 is 0 Å². The molecule has 126 valence electrons. The van der Waals surface area contributed by atoms with Gasteiger partial charge in [0.25, 0.3) is 0 Å². The summed E-state index contributed by atoms with van der Waals surface area (Å²) in [5.41, 5.74) is 0.836. The van der Waals surface area contributed by atoms with Gasteiger partial charge in [-0.3, -0.25) is 4.79 Å². The molecule has 7 heteroatoms. The predicted molar refractivity (Wildman–Crippen MR) is 86.7 cm³/mol. The molecule has 0 radical (unpaired) electrons. The second kappa shape index (κ2) is 8.26. The Labute approximate surface area is 136 Å². The van der Waals surface area contributed by atoms with E-state index in [-0.39, 0.29) is 18.5 Å². The lowest BCUT2D eigenvalue weighted by molar-refractivity contribution is -0.130. The fourth-order valence-electron chi connectivity index (χ4n) is 2.38. The highest BCUT2D eigenvalue weighted by Gasteiger charge is 2.24. The van der Waals surface area contributed by atoms with Gasteiger partial charge in [-0.05, 0) is 19.1 Å². The van der Waals surface area contributed by atoms with E-state index < -0.39 is 0 Å². The summed E-state index contributed by atoms with van der Waals surface area (Å²) >= 11 is 0. The highest BCUT2D eigenvalue weighted by atomic mass is 16.6. The van der Waals surface area contributed by atoms with E-state index in [1.807, 2.05) is 24.3 Å². The molecule has 1 heterocycles. The van der Waals surface area contributed by atoms with Crippen LogP contribution >= 0.6 is 0 Å². The van der Waals surface area contributed by atoms with Gasteiger partial charge in [-0.2, -0.15) is 0 Å². The second-order valence-electron chi connectivity index (χ2n) is 5.15. The monoisotopic (exact) mass is 321 g/mol. The summed E-state index contributed by atoms with van der Waals surface area (Å²) in [7, 11) is 1.60. The van der Waals surface area contributed by atoms with Crippen molar-refractivity contribution in [2.45, 2.75) is 6.92 Å². The molecule has 1 fully saturated rings. The third-order valence-electron chi connectivity index (χ3n) is 3.67. The second-order valence-corrected chi connectivity index (χ2v) is 5.15. The molecule has 0 aliphatic carbocycles. The van der Waals surface area contributed by atoms with Crippen LogP contribution in [0.4, 0.5) is 10.5 Å². The van der Waals surface area contributed by atoms with E-state index in [1.54, 1.807) is 23.8 Å². The molecule has 0 spiro atoms. The molecular weight excluding hydrogens is 298 g/mol. The largest absolute Gasteiger partial charge is 0.497 e. The first-order valence-electron chi connectivity index (χ1n) is 7.71. The van der Waals surface area contributed by atoms with E-state index in [0.29, 0.717) is 32.8 Å². The van der Waals surface area contributed by atoms with Crippen molar-refractivity contribution in [1.29, 1.82) is 0 Å². The number of nitrogens with one attached hydrogen (secondary N) is 1. The van der Waals surface area contributed by atoms with Crippen LogP contribution in [0.5, 0.6) is 5.75 Å². The Kier molecular flexibility index (Phi) is 6.08. The minimum absolute atomic E-state index is 0.0105. The highest BCUT2D eigenvalue weighted by molar-refractivity contribution is 5.81. The molecule has 2 rings (SSSR count). The SMILES string of the molecule is CCOC(=O)N1CCN(C(=O)CNc2cccc(OC)c2)CC1. The van der Waals surface area contributed by atoms with Crippen LogP contribution in [0.1, 0.15) is 6.92 Å². The van der Waals surface area contributed by atoms with Gasteiger partial charge in [0.15, 0.2) is 0 Å². The molecule has 0 bridgehead atoms. The van der Waals surface area contributed by atoms with Crippen LogP contribution in [0.3, 0.4) is 0 Å². The van der Waals surface area contributed by atoms with E-state index in [1.165, 1.54) is 0 Å². The maximum atomic E-state index is 12.2. The van der Waals surface area contributed by atoms with Crippen LogP contribution in [0.25, 0.3) is 0 Å². The number of carbonyl (C=O) groups is 2. The van der Waals surface area contributed by atoms with Crippen LogP contribution in [0, 0.1) is 0 Å². The molecule has 7 nitrogen and oxygen atoms in total. The molecule has 0 aromatic heterocycles. The summed E-state index contributed by atoms with van der Waals surface area (Å²) in [5.74, 6) is 0.752. The van der Waals surface area contributed by atoms with Crippen molar-refractivity contribution in [2.24, 2.45) is 0 Å². The fourth-order valence-corrected chi connectivity index (χ4v) is 2.38. The number of ether oxygens (including phenoxy) is 2. The number of hydrogen-bond donors (Lipinski definition) is 1. The van der Waals surface area contributed by atoms with Gasteiger partial charge >= 0.3 is 6.09 Å². The zero-order valence-electron chi connectivity index (χ0n) is 13.6. The molecule has 1 aromatic carbocycles. The van der Waals surface area contributed by atoms with Crippen molar-refractivity contribution in [2.75, 3.05) is 51.8 Å². The van der Waals surface area contributed by atoms with Crippen molar-refractivity contribution in [3.8, 4) is 5.75 Å². The molecule has 1 aromatic rings. The Morgan fingerprint density at radius 1 is 1.17 bits per heavy atom. The van der Waals surface area contributed by atoms with Crippen LogP contribution in [-0.2, 0) is 9.53 Å². The van der Waals surface area contributed by atoms with Crippen LogP contribution in [0.15, 0.2) is 24.3 Å². The number of amides is 2. The molecule has 1 saturated heterocycles. The Balaban J connectivity index is 1.77. The van der Waals surface area contributed by atoms with Gasteiger partial charge in [-0.15, -0.1) is 0 Å². The number of carbonyl (C=O) groups excluding carboxylic acids is 2. The minimum atomic E-state index is -0.311. The standard InChI is InChI=1S/C16H23N3O4/c1-3-23-16(21)19-9-7-18(8-10-19)15(20)12-17-13-5-4-6-14(11-13)22-2/h4-6,11,17H,3,7-10,12H2,1-2H3. The topological polar surface area (TPSA) is 71.1 Å². The summed E-state index contributed by atoms with van der Waals surface area (Å²) in [6, 6.07) is 7.44. The zero-order valence-corrected chi connectivity index (χ0v) is 13.6. The molecule has 1 aliphatic heterocycles. The van der Waals surface area contributed by atoms with Crippen LogP contribution in [-0.4, -0.2) is 68.2 Å². The number of benzene rings is 1. The molecule has 1 aliphatic rings. The summed E-state index contributed by atoms with van der Waals surface area (Å²) in [4.78, 5) is 27.2. The van der Waals surface area contributed by atoms with Gasteiger partial charge in [-0.1, -0.05) is 6.07 Å². The lowest BCUT2D eigenvalue weighted by Gasteiger charge is -2.34. The first-order valence-corrected chi connectivity index (χ1v) is 7.71. The summed E-state index contributed by atoms with van der Waals surface area (Å²) in [5, 5.41) is 3.09. The van der Waals surface area contributed by atoms with Gasteiger partial charge in [0.2, 0.25) is 5.91 Å². The summed E-state index contributed by atoms with van der Waals surface area (Å²) < 4.78 is 10.1. The van der Waals surface area contributed by atoms with E-state index in [9.17, 15) is 9.59 Å². The minimum Gasteiger partial charge on any atom is -0.497 e. The Bertz CT molecular complexity index is 542. The predicted octanol–water partition coefficient (Wildman–Crippen LogP) is 1.41. The van der Waals surface area contributed by atoms with E-state index in [2.05, 4.69) is 5.32 Å². The maximum Gasteiger partial charge on any atom is 0.409 e. The van der Waals surface area contributed by atoms with Crippen LogP contribution in [0.2, 0.25) is 0 Å².